The maximum Gasteiger partial charge on any atom is 0.172 e. The van der Waals surface area contributed by atoms with E-state index >= 15 is 0 Å². The molecule has 0 saturated carbocycles. The maximum atomic E-state index is 13.3. The van der Waals surface area contributed by atoms with Gasteiger partial charge in [-0.05, 0) is 23.6 Å². The Balaban J connectivity index is 2.29. The van der Waals surface area contributed by atoms with Gasteiger partial charge in [-0.2, -0.15) is 0 Å². The zero-order chi connectivity index (χ0) is 12.5. The number of nitrogens with one attached hydrogen (secondary N) is 1. The van der Waals surface area contributed by atoms with Crippen molar-refractivity contribution in [3.8, 4) is 10.7 Å². The lowest BCUT2D eigenvalue weighted by atomic mass is 10.2. The molecule has 2 heterocycles. The van der Waals surface area contributed by atoms with Crippen LogP contribution < -0.4 is 5.32 Å². The van der Waals surface area contributed by atoms with E-state index in [9.17, 15) is 4.39 Å². The molecule has 0 aliphatic rings. The lowest BCUT2D eigenvalue weighted by molar-refractivity contribution is 0.629. The second-order valence-electron chi connectivity index (χ2n) is 3.78. The molecule has 5 heteroatoms. The largest absolute Gasteiger partial charge is 0.373 e. The Morgan fingerprint density at radius 1 is 1.22 bits per heavy atom. The first-order valence-electron chi connectivity index (χ1n) is 5.47. The summed E-state index contributed by atoms with van der Waals surface area (Å²) in [7, 11) is 1.79. The molecule has 0 aliphatic heterocycles. The Morgan fingerprint density at radius 2 is 2.11 bits per heavy atom. The second-order valence-corrected chi connectivity index (χ2v) is 4.73. The first-order chi connectivity index (χ1) is 8.78. The lowest BCUT2D eigenvalue weighted by Gasteiger charge is -2.07. The summed E-state index contributed by atoms with van der Waals surface area (Å²) >= 11 is 1.56. The van der Waals surface area contributed by atoms with Crippen molar-refractivity contribution in [1.82, 2.24) is 9.97 Å². The molecule has 0 amide bonds. The molecular weight excluding hydrogens is 249 g/mol. The summed E-state index contributed by atoms with van der Waals surface area (Å²) in [5, 5.41) is 5.81. The fourth-order valence-electron chi connectivity index (χ4n) is 1.81. The van der Waals surface area contributed by atoms with Crippen molar-refractivity contribution in [3.05, 3.63) is 41.5 Å². The van der Waals surface area contributed by atoms with E-state index in [1.165, 1.54) is 12.1 Å². The van der Waals surface area contributed by atoms with E-state index in [1.807, 2.05) is 17.5 Å². The van der Waals surface area contributed by atoms with Crippen LogP contribution in [0.25, 0.3) is 21.6 Å². The average Bonchev–Trinajstić information content (AvgIpc) is 2.90. The van der Waals surface area contributed by atoms with Crippen LogP contribution in [0.1, 0.15) is 0 Å². The van der Waals surface area contributed by atoms with Gasteiger partial charge in [0.25, 0.3) is 0 Å². The van der Waals surface area contributed by atoms with Crippen LogP contribution in [0.3, 0.4) is 0 Å². The van der Waals surface area contributed by atoms with Crippen LogP contribution >= 0.6 is 11.3 Å². The number of hydrogen-bond acceptors (Lipinski definition) is 4. The van der Waals surface area contributed by atoms with Gasteiger partial charge < -0.3 is 5.32 Å². The highest BCUT2D eigenvalue weighted by Crippen LogP contribution is 2.27. The Kier molecular flexibility index (Phi) is 2.68. The highest BCUT2D eigenvalue weighted by atomic mass is 32.1. The lowest BCUT2D eigenvalue weighted by Crippen LogP contribution is -1.98. The first kappa shape index (κ1) is 11.1. The molecule has 0 saturated heterocycles. The van der Waals surface area contributed by atoms with Gasteiger partial charge >= 0.3 is 0 Å². The van der Waals surface area contributed by atoms with Gasteiger partial charge in [0.15, 0.2) is 5.82 Å². The number of halogens is 1. The smallest absolute Gasteiger partial charge is 0.172 e. The van der Waals surface area contributed by atoms with Crippen LogP contribution in [0, 0.1) is 5.82 Å². The molecule has 3 aromatic rings. The fraction of sp³-hybridized carbons (Fsp3) is 0.0769. The SMILES string of the molecule is CNc1nc(-c2cccs2)nc2cc(F)ccc12. The van der Waals surface area contributed by atoms with Crippen molar-refractivity contribution in [2.75, 3.05) is 12.4 Å². The molecule has 90 valence electrons. The fourth-order valence-corrected chi connectivity index (χ4v) is 2.47. The molecule has 0 unspecified atom stereocenters. The summed E-state index contributed by atoms with van der Waals surface area (Å²) in [5.74, 6) is 1.04. The van der Waals surface area contributed by atoms with Crippen LogP contribution in [0.15, 0.2) is 35.7 Å². The average molecular weight is 259 g/mol. The summed E-state index contributed by atoms with van der Waals surface area (Å²) in [5.41, 5.74) is 0.609. The number of nitrogens with zero attached hydrogens (tertiary/aromatic N) is 2. The van der Waals surface area contributed by atoms with E-state index in [0.717, 1.165) is 10.3 Å². The molecule has 3 nitrogen and oxygen atoms in total. The first-order valence-corrected chi connectivity index (χ1v) is 6.35. The van der Waals surface area contributed by atoms with Gasteiger partial charge in [-0.25, -0.2) is 14.4 Å². The normalized spacial score (nSPS) is 10.8. The molecule has 3 rings (SSSR count). The predicted molar refractivity (Wildman–Crippen MR) is 72.4 cm³/mol. The van der Waals surface area contributed by atoms with E-state index in [4.69, 9.17) is 0 Å². The third-order valence-corrected chi connectivity index (χ3v) is 3.50. The van der Waals surface area contributed by atoms with Crippen LogP contribution in [-0.4, -0.2) is 17.0 Å². The molecule has 1 aromatic carbocycles. The summed E-state index contributed by atoms with van der Waals surface area (Å²) in [6.07, 6.45) is 0. The summed E-state index contributed by atoms with van der Waals surface area (Å²) in [4.78, 5) is 9.83. The van der Waals surface area contributed by atoms with E-state index in [0.29, 0.717) is 17.2 Å². The molecular formula is C13H10FN3S. The van der Waals surface area contributed by atoms with Crippen molar-refractivity contribution in [2.45, 2.75) is 0 Å². The standard InChI is InChI=1S/C13H10FN3S/c1-15-12-9-5-4-8(14)7-10(9)16-13(17-12)11-3-2-6-18-11/h2-7H,1H3,(H,15,16,17). The minimum atomic E-state index is -0.291. The summed E-state index contributed by atoms with van der Waals surface area (Å²) in [6, 6.07) is 8.42. The number of benzene rings is 1. The van der Waals surface area contributed by atoms with Gasteiger partial charge in [-0.3, -0.25) is 0 Å². The quantitative estimate of drug-likeness (QED) is 0.765. The molecule has 2 aromatic heterocycles. The molecule has 1 N–H and O–H groups in total. The molecule has 18 heavy (non-hydrogen) atoms. The summed E-state index contributed by atoms with van der Waals surface area (Å²) < 4.78 is 13.3. The number of thiophene rings is 1. The molecule has 0 aliphatic carbocycles. The van der Waals surface area contributed by atoms with Crippen molar-refractivity contribution < 1.29 is 4.39 Å². The minimum Gasteiger partial charge on any atom is -0.373 e. The number of hydrogen-bond donors (Lipinski definition) is 1. The monoisotopic (exact) mass is 259 g/mol. The molecule has 0 fully saturated rings. The van der Waals surface area contributed by atoms with Gasteiger partial charge in [0.05, 0.1) is 10.4 Å². The highest BCUT2D eigenvalue weighted by Gasteiger charge is 2.09. The van der Waals surface area contributed by atoms with Gasteiger partial charge in [0, 0.05) is 18.5 Å². The number of aromatic nitrogens is 2. The van der Waals surface area contributed by atoms with Crippen LogP contribution in [-0.2, 0) is 0 Å². The predicted octanol–water partition coefficient (Wildman–Crippen LogP) is 3.54. The molecule has 0 spiro atoms. The number of fused-ring (bicyclic) bond motifs is 1. The van der Waals surface area contributed by atoms with Crippen molar-refractivity contribution in [1.29, 1.82) is 0 Å². The third kappa shape index (κ3) is 1.82. The van der Waals surface area contributed by atoms with Crippen molar-refractivity contribution in [2.24, 2.45) is 0 Å². The highest BCUT2D eigenvalue weighted by molar-refractivity contribution is 7.13. The van der Waals surface area contributed by atoms with Gasteiger partial charge in [0.2, 0.25) is 0 Å². The maximum absolute atomic E-state index is 13.3. The third-order valence-electron chi connectivity index (χ3n) is 2.64. The van der Waals surface area contributed by atoms with E-state index < -0.39 is 0 Å². The minimum absolute atomic E-state index is 0.291. The van der Waals surface area contributed by atoms with Gasteiger partial charge in [-0.15, -0.1) is 11.3 Å². The Bertz CT molecular complexity index is 695. The Labute approximate surface area is 107 Å². The molecule has 0 radical (unpaired) electrons. The summed E-state index contributed by atoms with van der Waals surface area (Å²) in [6.45, 7) is 0. The van der Waals surface area contributed by atoms with Crippen LogP contribution in [0.2, 0.25) is 0 Å². The van der Waals surface area contributed by atoms with E-state index in [-0.39, 0.29) is 5.82 Å². The Hall–Kier alpha value is -2.01. The number of anilines is 1. The van der Waals surface area contributed by atoms with Gasteiger partial charge in [-0.1, -0.05) is 6.07 Å². The van der Waals surface area contributed by atoms with Crippen LogP contribution in [0.5, 0.6) is 0 Å². The van der Waals surface area contributed by atoms with E-state index in [2.05, 4.69) is 15.3 Å². The van der Waals surface area contributed by atoms with Crippen molar-refractivity contribution in [3.63, 3.8) is 0 Å². The Morgan fingerprint density at radius 3 is 2.83 bits per heavy atom. The molecule has 0 bridgehead atoms. The van der Waals surface area contributed by atoms with Gasteiger partial charge in [0.1, 0.15) is 11.6 Å². The van der Waals surface area contributed by atoms with Crippen molar-refractivity contribution >= 4 is 28.1 Å². The van der Waals surface area contributed by atoms with Crippen LogP contribution in [0.4, 0.5) is 10.2 Å². The van der Waals surface area contributed by atoms with E-state index in [1.54, 1.807) is 24.5 Å². The second kappa shape index (κ2) is 4.34. The zero-order valence-electron chi connectivity index (χ0n) is 9.64. The number of rotatable bonds is 2. The topological polar surface area (TPSA) is 37.8 Å². The molecule has 0 atom stereocenters. The zero-order valence-corrected chi connectivity index (χ0v) is 10.5.